The van der Waals surface area contributed by atoms with Crippen LogP contribution >= 0.6 is 11.6 Å². The van der Waals surface area contributed by atoms with E-state index < -0.39 is 11.7 Å². The number of hydrogen-bond acceptors (Lipinski definition) is 3. The van der Waals surface area contributed by atoms with Crippen LogP contribution in [-0.2, 0) is 9.53 Å². The Labute approximate surface area is 96.7 Å². The fraction of sp³-hybridized carbons (Fsp3) is 0.273. The Bertz CT molecular complexity index is 496. The average Bonchev–Trinajstić information content (AvgIpc) is 3.04. The van der Waals surface area contributed by atoms with Crippen LogP contribution in [0.4, 0.5) is 5.69 Å². The van der Waals surface area contributed by atoms with E-state index in [1.165, 1.54) is 4.90 Å². The van der Waals surface area contributed by atoms with Crippen LogP contribution in [0.15, 0.2) is 18.2 Å². The number of ether oxygens (including phenoxy) is 1. The summed E-state index contributed by atoms with van der Waals surface area (Å²) in [5, 5.41) is 0.517. The first-order chi connectivity index (χ1) is 7.66. The van der Waals surface area contributed by atoms with Crippen LogP contribution < -0.4 is 4.90 Å². The molecule has 2 aliphatic rings. The summed E-state index contributed by atoms with van der Waals surface area (Å²) in [6, 6.07) is 4.84. The van der Waals surface area contributed by atoms with E-state index >= 15 is 0 Å². The predicted octanol–water partition coefficient (Wildman–Crippen LogP) is 1.27. The van der Waals surface area contributed by atoms with Crippen LogP contribution in [0.2, 0.25) is 5.02 Å². The lowest BCUT2D eigenvalue weighted by Gasteiger charge is -2.14. The van der Waals surface area contributed by atoms with Gasteiger partial charge in [0.25, 0.3) is 11.7 Å². The number of Topliss-reactive ketones (excluding diaryl/α,β-unsaturated/α-hetero) is 1. The number of carbonyl (C=O) groups excluding carboxylic acids is 2. The number of halogens is 1. The molecule has 0 aromatic heterocycles. The van der Waals surface area contributed by atoms with E-state index in [4.69, 9.17) is 16.3 Å². The van der Waals surface area contributed by atoms with E-state index in [2.05, 4.69) is 0 Å². The third-order valence-electron chi connectivity index (χ3n) is 2.72. The maximum absolute atomic E-state index is 11.7. The lowest BCUT2D eigenvalue weighted by Crippen LogP contribution is -2.33. The van der Waals surface area contributed by atoms with Crippen LogP contribution in [0.25, 0.3) is 0 Å². The quantitative estimate of drug-likeness (QED) is 0.575. The Hall–Kier alpha value is -1.39. The molecule has 1 aromatic carbocycles. The second kappa shape index (κ2) is 3.30. The van der Waals surface area contributed by atoms with Crippen molar-refractivity contribution in [2.45, 2.75) is 6.10 Å². The van der Waals surface area contributed by atoms with Gasteiger partial charge in [0.1, 0.15) is 0 Å². The molecule has 0 spiro atoms. The number of hydrogen-bond donors (Lipinski definition) is 0. The molecular weight excluding hydrogens is 230 g/mol. The summed E-state index contributed by atoms with van der Waals surface area (Å²) < 4.78 is 5.06. The molecular formula is C11H8ClNO3. The third-order valence-corrected chi connectivity index (χ3v) is 2.96. The second-order valence-electron chi connectivity index (χ2n) is 3.86. The number of rotatable bonds is 2. The molecule has 2 heterocycles. The van der Waals surface area contributed by atoms with Crippen molar-refractivity contribution in [2.24, 2.45) is 0 Å². The molecule has 0 radical (unpaired) electrons. The number of epoxide rings is 1. The summed E-state index contributed by atoms with van der Waals surface area (Å²) in [5.74, 6) is -0.958. The molecule has 4 nitrogen and oxygen atoms in total. The fourth-order valence-corrected chi connectivity index (χ4v) is 1.99. The minimum Gasteiger partial charge on any atom is -0.371 e. The monoisotopic (exact) mass is 237 g/mol. The molecule has 1 fully saturated rings. The van der Waals surface area contributed by atoms with Gasteiger partial charge in [-0.1, -0.05) is 11.6 Å². The Morgan fingerprint density at radius 2 is 2.19 bits per heavy atom. The molecule has 0 bridgehead atoms. The van der Waals surface area contributed by atoms with Gasteiger partial charge in [0.15, 0.2) is 0 Å². The van der Waals surface area contributed by atoms with E-state index in [1.807, 2.05) is 0 Å². The number of amides is 1. The maximum atomic E-state index is 11.7. The molecule has 1 atom stereocenters. The number of carbonyl (C=O) groups is 2. The van der Waals surface area contributed by atoms with Crippen molar-refractivity contribution < 1.29 is 14.3 Å². The van der Waals surface area contributed by atoms with Crippen LogP contribution in [0.5, 0.6) is 0 Å². The molecule has 1 amide bonds. The summed E-state index contributed by atoms with van der Waals surface area (Å²) in [6.07, 6.45) is 0.0571. The minimum atomic E-state index is -0.493. The Morgan fingerprint density at radius 3 is 2.88 bits per heavy atom. The molecule has 0 aliphatic carbocycles. The summed E-state index contributed by atoms with van der Waals surface area (Å²) in [6.45, 7) is 1.08. The molecule has 82 valence electrons. The SMILES string of the molecule is O=C1C(=O)N(CC2CO2)c2cc(Cl)ccc21. The zero-order valence-electron chi connectivity index (χ0n) is 8.27. The first-order valence-corrected chi connectivity index (χ1v) is 5.32. The van der Waals surface area contributed by atoms with Gasteiger partial charge < -0.3 is 9.64 Å². The molecule has 1 aromatic rings. The van der Waals surface area contributed by atoms with E-state index in [0.717, 1.165) is 0 Å². The van der Waals surface area contributed by atoms with Gasteiger partial charge in [-0.25, -0.2) is 0 Å². The lowest BCUT2D eigenvalue weighted by atomic mass is 10.1. The molecule has 3 rings (SSSR count). The highest BCUT2D eigenvalue weighted by atomic mass is 35.5. The number of ketones is 1. The van der Waals surface area contributed by atoms with Crippen molar-refractivity contribution in [3.63, 3.8) is 0 Å². The van der Waals surface area contributed by atoms with E-state index in [9.17, 15) is 9.59 Å². The molecule has 1 saturated heterocycles. The molecule has 16 heavy (non-hydrogen) atoms. The smallest absolute Gasteiger partial charge is 0.299 e. The summed E-state index contributed by atoms with van der Waals surface area (Å²) in [5.41, 5.74) is 1.02. The van der Waals surface area contributed by atoms with Crippen molar-refractivity contribution in [1.82, 2.24) is 0 Å². The molecule has 1 unspecified atom stereocenters. The summed E-state index contributed by atoms with van der Waals surface area (Å²) >= 11 is 5.86. The number of anilines is 1. The van der Waals surface area contributed by atoms with Gasteiger partial charge in [-0.3, -0.25) is 9.59 Å². The lowest BCUT2D eigenvalue weighted by molar-refractivity contribution is -0.114. The topological polar surface area (TPSA) is 49.9 Å². The molecule has 0 saturated carbocycles. The third kappa shape index (κ3) is 1.42. The van der Waals surface area contributed by atoms with Crippen molar-refractivity contribution in [1.29, 1.82) is 0 Å². The van der Waals surface area contributed by atoms with Crippen LogP contribution in [0.3, 0.4) is 0 Å². The largest absolute Gasteiger partial charge is 0.371 e. The van der Waals surface area contributed by atoms with Crippen molar-refractivity contribution in [2.75, 3.05) is 18.1 Å². The highest BCUT2D eigenvalue weighted by molar-refractivity contribution is 6.52. The molecule has 5 heteroatoms. The van der Waals surface area contributed by atoms with Crippen molar-refractivity contribution >= 4 is 29.0 Å². The Balaban J connectivity index is 2.03. The van der Waals surface area contributed by atoms with Crippen LogP contribution in [0.1, 0.15) is 10.4 Å². The minimum absolute atomic E-state index is 0.0571. The van der Waals surface area contributed by atoms with Crippen LogP contribution in [-0.4, -0.2) is 30.9 Å². The van der Waals surface area contributed by atoms with E-state index in [-0.39, 0.29) is 6.10 Å². The predicted molar refractivity (Wildman–Crippen MR) is 57.9 cm³/mol. The molecule has 0 N–H and O–H groups in total. The highest BCUT2D eigenvalue weighted by Gasteiger charge is 2.39. The standard InChI is InChI=1S/C11H8ClNO3/c12-6-1-2-8-9(3-6)13(4-7-5-16-7)11(15)10(8)14/h1-3,7H,4-5H2. The van der Waals surface area contributed by atoms with Crippen molar-refractivity contribution in [3.8, 4) is 0 Å². The van der Waals surface area contributed by atoms with Gasteiger partial charge in [0, 0.05) is 5.02 Å². The van der Waals surface area contributed by atoms with Gasteiger partial charge in [-0.05, 0) is 18.2 Å². The van der Waals surface area contributed by atoms with Gasteiger partial charge in [-0.2, -0.15) is 0 Å². The van der Waals surface area contributed by atoms with Gasteiger partial charge in [0.2, 0.25) is 0 Å². The number of benzene rings is 1. The fourth-order valence-electron chi connectivity index (χ4n) is 1.83. The van der Waals surface area contributed by atoms with Gasteiger partial charge in [-0.15, -0.1) is 0 Å². The average molecular weight is 238 g/mol. The van der Waals surface area contributed by atoms with E-state index in [0.29, 0.717) is 29.4 Å². The Kier molecular flexibility index (Phi) is 2.02. The first kappa shape index (κ1) is 9.81. The number of fused-ring (bicyclic) bond motifs is 1. The second-order valence-corrected chi connectivity index (χ2v) is 4.30. The zero-order chi connectivity index (χ0) is 11.3. The maximum Gasteiger partial charge on any atom is 0.299 e. The molecule has 2 aliphatic heterocycles. The van der Waals surface area contributed by atoms with Crippen LogP contribution in [0, 0.1) is 0 Å². The normalized spacial score (nSPS) is 22.6. The highest BCUT2D eigenvalue weighted by Crippen LogP contribution is 2.32. The number of nitrogens with zero attached hydrogens (tertiary/aromatic N) is 1. The van der Waals surface area contributed by atoms with Gasteiger partial charge in [0.05, 0.1) is 30.5 Å². The summed E-state index contributed by atoms with van der Waals surface area (Å²) in [7, 11) is 0. The zero-order valence-corrected chi connectivity index (χ0v) is 9.03. The summed E-state index contributed by atoms with van der Waals surface area (Å²) in [4.78, 5) is 24.8. The Morgan fingerprint density at radius 1 is 1.44 bits per heavy atom. The van der Waals surface area contributed by atoms with Crippen molar-refractivity contribution in [3.05, 3.63) is 28.8 Å². The van der Waals surface area contributed by atoms with Gasteiger partial charge >= 0.3 is 0 Å². The first-order valence-electron chi connectivity index (χ1n) is 4.94. The van der Waals surface area contributed by atoms with E-state index in [1.54, 1.807) is 18.2 Å².